The first-order valence-electron chi connectivity index (χ1n) is 4.32. The Hall–Kier alpha value is -0.770. The molecule has 0 bridgehead atoms. The normalized spacial score (nSPS) is 28.2. The quantitative estimate of drug-likeness (QED) is 0.471. The molecule has 0 aromatic rings. The van der Waals surface area contributed by atoms with Crippen LogP contribution in [0.4, 0.5) is 0 Å². The highest BCUT2D eigenvalue weighted by atomic mass is 16.5. The zero-order chi connectivity index (χ0) is 9.14. The maximum absolute atomic E-state index is 5.55. The molecular weight excluding hydrogens is 154 g/mol. The van der Waals surface area contributed by atoms with Crippen molar-refractivity contribution in [2.24, 2.45) is 16.5 Å². The van der Waals surface area contributed by atoms with Gasteiger partial charge in [0.25, 0.3) is 0 Å². The van der Waals surface area contributed by atoms with E-state index < -0.39 is 0 Å². The zero-order valence-corrected chi connectivity index (χ0v) is 7.66. The molecule has 1 aliphatic rings. The van der Waals surface area contributed by atoms with E-state index in [4.69, 9.17) is 16.2 Å². The summed E-state index contributed by atoms with van der Waals surface area (Å²) in [4.78, 5) is 4.03. The Morgan fingerprint density at radius 2 is 2.00 bits per heavy atom. The molecule has 12 heavy (non-hydrogen) atoms. The van der Waals surface area contributed by atoms with Crippen molar-refractivity contribution in [3.63, 3.8) is 0 Å². The molecule has 0 radical (unpaired) electrons. The molecule has 0 heterocycles. The van der Waals surface area contributed by atoms with Crippen LogP contribution in [0.25, 0.3) is 0 Å². The Morgan fingerprint density at radius 1 is 1.42 bits per heavy atom. The number of aliphatic imine (C=N–C) groups is 1. The molecule has 4 nitrogen and oxygen atoms in total. The monoisotopic (exact) mass is 171 g/mol. The van der Waals surface area contributed by atoms with E-state index in [1.54, 1.807) is 0 Å². The molecule has 0 spiro atoms. The van der Waals surface area contributed by atoms with Gasteiger partial charge in [-0.1, -0.05) is 0 Å². The van der Waals surface area contributed by atoms with Crippen LogP contribution in [0.5, 0.6) is 0 Å². The molecule has 1 fully saturated rings. The van der Waals surface area contributed by atoms with Crippen LogP contribution in [0.2, 0.25) is 0 Å². The van der Waals surface area contributed by atoms with E-state index in [1.807, 2.05) is 13.8 Å². The van der Waals surface area contributed by atoms with Gasteiger partial charge < -0.3 is 16.2 Å². The third kappa shape index (κ3) is 2.70. The average Bonchev–Trinajstić information content (AvgIpc) is 1.80. The second-order valence-electron chi connectivity index (χ2n) is 3.49. The van der Waals surface area contributed by atoms with E-state index in [0.717, 1.165) is 12.8 Å². The van der Waals surface area contributed by atoms with E-state index in [-0.39, 0.29) is 5.96 Å². The van der Waals surface area contributed by atoms with E-state index >= 15 is 0 Å². The topological polar surface area (TPSA) is 73.6 Å². The minimum Gasteiger partial charge on any atom is -0.375 e. The Labute approximate surface area is 73.0 Å². The molecule has 4 N–H and O–H groups in total. The van der Waals surface area contributed by atoms with Gasteiger partial charge in [0.05, 0.1) is 18.2 Å². The number of guanidine groups is 1. The van der Waals surface area contributed by atoms with Crippen molar-refractivity contribution in [2.45, 2.75) is 44.9 Å². The fraction of sp³-hybridized carbons (Fsp3) is 0.875. The number of hydrogen-bond acceptors (Lipinski definition) is 2. The summed E-state index contributed by atoms with van der Waals surface area (Å²) in [5.41, 5.74) is 10.5. The molecule has 0 amide bonds. The van der Waals surface area contributed by atoms with Gasteiger partial charge in [0, 0.05) is 0 Å². The van der Waals surface area contributed by atoms with Crippen LogP contribution in [0, 0.1) is 0 Å². The van der Waals surface area contributed by atoms with Gasteiger partial charge in [0.15, 0.2) is 5.96 Å². The lowest BCUT2D eigenvalue weighted by molar-refractivity contribution is -0.0428. The van der Waals surface area contributed by atoms with E-state index in [2.05, 4.69) is 4.99 Å². The molecule has 1 rings (SSSR count). The highest BCUT2D eigenvalue weighted by molar-refractivity contribution is 5.75. The van der Waals surface area contributed by atoms with Crippen molar-refractivity contribution in [2.75, 3.05) is 0 Å². The van der Waals surface area contributed by atoms with Crippen LogP contribution in [0.3, 0.4) is 0 Å². The molecular formula is C8H17N3O. The SMILES string of the molecule is CC(C)OC1CC(N=C(N)N)C1. The summed E-state index contributed by atoms with van der Waals surface area (Å²) >= 11 is 0. The van der Waals surface area contributed by atoms with Gasteiger partial charge in [-0.05, 0) is 26.7 Å². The van der Waals surface area contributed by atoms with Crippen LogP contribution in [-0.2, 0) is 4.74 Å². The minimum absolute atomic E-state index is 0.183. The largest absolute Gasteiger partial charge is 0.375 e. The Balaban J connectivity index is 2.16. The molecule has 0 aliphatic heterocycles. The first-order chi connectivity index (χ1) is 5.58. The maximum atomic E-state index is 5.55. The van der Waals surface area contributed by atoms with Gasteiger partial charge in [0.2, 0.25) is 0 Å². The van der Waals surface area contributed by atoms with Crippen LogP contribution in [-0.4, -0.2) is 24.2 Å². The lowest BCUT2D eigenvalue weighted by Gasteiger charge is -2.33. The molecule has 0 aromatic carbocycles. The Morgan fingerprint density at radius 3 is 2.42 bits per heavy atom. The number of ether oxygens (including phenoxy) is 1. The fourth-order valence-corrected chi connectivity index (χ4v) is 1.35. The summed E-state index contributed by atoms with van der Waals surface area (Å²) < 4.78 is 5.55. The van der Waals surface area contributed by atoms with Gasteiger partial charge in [-0.3, -0.25) is 4.99 Å². The average molecular weight is 171 g/mol. The van der Waals surface area contributed by atoms with Gasteiger partial charge in [-0.25, -0.2) is 0 Å². The lowest BCUT2D eigenvalue weighted by Crippen LogP contribution is -2.38. The second-order valence-corrected chi connectivity index (χ2v) is 3.49. The molecule has 1 aliphatic carbocycles. The number of rotatable bonds is 3. The van der Waals surface area contributed by atoms with Crippen LogP contribution in [0.1, 0.15) is 26.7 Å². The summed E-state index contributed by atoms with van der Waals surface area (Å²) in [6.45, 7) is 4.07. The van der Waals surface area contributed by atoms with Gasteiger partial charge in [-0.15, -0.1) is 0 Å². The summed E-state index contributed by atoms with van der Waals surface area (Å²) in [6.07, 6.45) is 2.57. The van der Waals surface area contributed by atoms with Crippen LogP contribution < -0.4 is 11.5 Å². The Kier molecular flexibility index (Phi) is 2.92. The van der Waals surface area contributed by atoms with Crippen molar-refractivity contribution in [1.29, 1.82) is 0 Å². The van der Waals surface area contributed by atoms with Gasteiger partial charge in [0.1, 0.15) is 0 Å². The molecule has 70 valence electrons. The predicted molar refractivity (Wildman–Crippen MR) is 48.8 cm³/mol. The van der Waals surface area contributed by atoms with Crippen molar-refractivity contribution in [3.05, 3.63) is 0 Å². The standard InChI is InChI=1S/C8H17N3O/c1-5(2)12-7-3-6(4-7)11-8(9)10/h5-7H,3-4H2,1-2H3,(H4,9,10,11). The first-order valence-corrected chi connectivity index (χ1v) is 4.32. The number of nitrogens with two attached hydrogens (primary N) is 2. The van der Waals surface area contributed by atoms with Crippen LogP contribution in [0.15, 0.2) is 4.99 Å². The lowest BCUT2D eigenvalue weighted by atomic mass is 9.90. The van der Waals surface area contributed by atoms with Crippen molar-refractivity contribution >= 4 is 5.96 Å². The smallest absolute Gasteiger partial charge is 0.186 e. The molecule has 0 aromatic heterocycles. The predicted octanol–water partition coefficient (Wildman–Crippen LogP) is 0.216. The van der Waals surface area contributed by atoms with Crippen molar-refractivity contribution in [1.82, 2.24) is 0 Å². The summed E-state index contributed by atoms with van der Waals surface area (Å²) in [5, 5.41) is 0. The first kappa shape index (κ1) is 9.32. The number of nitrogens with zero attached hydrogens (tertiary/aromatic N) is 1. The maximum Gasteiger partial charge on any atom is 0.186 e. The summed E-state index contributed by atoms with van der Waals surface area (Å²) in [7, 11) is 0. The molecule has 0 unspecified atom stereocenters. The summed E-state index contributed by atoms with van der Waals surface area (Å²) in [5.74, 6) is 0.183. The molecule has 1 saturated carbocycles. The highest BCUT2D eigenvalue weighted by Gasteiger charge is 2.30. The zero-order valence-electron chi connectivity index (χ0n) is 7.66. The van der Waals surface area contributed by atoms with Crippen molar-refractivity contribution in [3.8, 4) is 0 Å². The van der Waals surface area contributed by atoms with E-state index in [1.165, 1.54) is 0 Å². The third-order valence-corrected chi connectivity index (χ3v) is 1.87. The Bertz CT molecular complexity index is 169. The fourth-order valence-electron chi connectivity index (χ4n) is 1.35. The highest BCUT2D eigenvalue weighted by Crippen LogP contribution is 2.26. The van der Waals surface area contributed by atoms with Crippen LogP contribution >= 0.6 is 0 Å². The second kappa shape index (κ2) is 3.76. The third-order valence-electron chi connectivity index (χ3n) is 1.87. The van der Waals surface area contributed by atoms with Gasteiger partial charge >= 0.3 is 0 Å². The van der Waals surface area contributed by atoms with Crippen molar-refractivity contribution < 1.29 is 4.74 Å². The number of hydrogen-bond donors (Lipinski definition) is 2. The van der Waals surface area contributed by atoms with E-state index in [0.29, 0.717) is 18.2 Å². The summed E-state index contributed by atoms with van der Waals surface area (Å²) in [6, 6.07) is 0.291. The van der Waals surface area contributed by atoms with Gasteiger partial charge in [-0.2, -0.15) is 0 Å². The molecule has 0 saturated heterocycles. The van der Waals surface area contributed by atoms with E-state index in [9.17, 15) is 0 Å². The minimum atomic E-state index is 0.183. The molecule has 0 atom stereocenters. The molecule has 4 heteroatoms.